The molecule has 1 aliphatic heterocycles. The van der Waals surface area contributed by atoms with Gasteiger partial charge in [0.25, 0.3) is 0 Å². The van der Waals surface area contributed by atoms with Crippen LogP contribution in [0, 0.1) is 5.82 Å². The van der Waals surface area contributed by atoms with Crippen molar-refractivity contribution in [3.8, 4) is 0 Å². The van der Waals surface area contributed by atoms with Gasteiger partial charge in [-0.2, -0.15) is 0 Å². The first-order valence-electron chi connectivity index (χ1n) is 13.2. The molecule has 7 nitrogen and oxygen atoms in total. The molecule has 3 aromatic carbocycles. The number of rotatable bonds is 5. The number of amides is 3. The fraction of sp³-hybridized carbons (Fsp3) is 0.344. The van der Waals surface area contributed by atoms with Crippen molar-refractivity contribution in [3.63, 3.8) is 0 Å². The number of alkyl carbamates (subject to hydrolysis) is 1. The zero-order valence-electron chi connectivity index (χ0n) is 23.7. The van der Waals surface area contributed by atoms with E-state index in [2.05, 4.69) is 5.32 Å². The predicted octanol–water partition coefficient (Wildman–Crippen LogP) is 6.85. The van der Waals surface area contributed by atoms with Crippen molar-refractivity contribution in [2.75, 3.05) is 4.90 Å². The molecule has 0 bridgehead atoms. The number of hydrogen-bond acceptors (Lipinski definition) is 5. The predicted molar refractivity (Wildman–Crippen MR) is 150 cm³/mol. The molecular formula is C32H35FN2O5. The Balaban J connectivity index is 1.97. The van der Waals surface area contributed by atoms with Crippen LogP contribution in [-0.2, 0) is 26.1 Å². The number of carbonyl (C=O) groups is 3. The van der Waals surface area contributed by atoms with Gasteiger partial charge in [0.05, 0.1) is 11.7 Å². The number of nitrogens with one attached hydrogen (secondary N) is 1. The molecule has 8 heteroatoms. The number of hydrogen-bond donors (Lipinski definition) is 1. The van der Waals surface area contributed by atoms with E-state index in [4.69, 9.17) is 9.47 Å². The molecule has 0 saturated carbocycles. The second-order valence-corrected chi connectivity index (χ2v) is 11.9. The summed E-state index contributed by atoms with van der Waals surface area (Å²) in [5, 5.41) is 2.91. The third-order valence-corrected chi connectivity index (χ3v) is 6.47. The summed E-state index contributed by atoms with van der Waals surface area (Å²) in [7, 11) is 0. The van der Waals surface area contributed by atoms with E-state index in [1.54, 1.807) is 65.8 Å². The Bertz CT molecular complexity index is 1390. The Kier molecular flexibility index (Phi) is 7.74. The van der Waals surface area contributed by atoms with E-state index < -0.39 is 46.6 Å². The number of benzene rings is 3. The van der Waals surface area contributed by atoms with Crippen LogP contribution in [-0.4, -0.2) is 29.3 Å². The van der Waals surface area contributed by atoms with Crippen LogP contribution < -0.4 is 10.2 Å². The molecule has 1 heterocycles. The molecule has 2 atom stereocenters. The quantitative estimate of drug-likeness (QED) is 0.378. The maximum Gasteiger partial charge on any atom is 0.421 e. The molecule has 3 aromatic rings. The highest BCUT2D eigenvalue weighted by atomic mass is 19.1. The molecule has 0 radical (unpaired) electrons. The normalized spacial score (nSPS) is 17.7. The van der Waals surface area contributed by atoms with Crippen LogP contribution in [0.2, 0.25) is 0 Å². The van der Waals surface area contributed by atoms with Gasteiger partial charge in [0.1, 0.15) is 22.4 Å². The van der Waals surface area contributed by atoms with Crippen LogP contribution in [0.4, 0.5) is 19.7 Å². The molecule has 0 fully saturated rings. The number of halogens is 1. The zero-order valence-corrected chi connectivity index (χ0v) is 23.7. The van der Waals surface area contributed by atoms with Crippen molar-refractivity contribution in [1.29, 1.82) is 0 Å². The van der Waals surface area contributed by atoms with Gasteiger partial charge in [-0.05, 0) is 82.9 Å². The smallest absolute Gasteiger partial charge is 0.421 e. The van der Waals surface area contributed by atoms with Gasteiger partial charge in [-0.1, -0.05) is 60.7 Å². The second kappa shape index (κ2) is 10.8. The Labute approximate surface area is 234 Å². The van der Waals surface area contributed by atoms with Crippen molar-refractivity contribution in [2.45, 2.75) is 70.6 Å². The van der Waals surface area contributed by atoms with Gasteiger partial charge in [0.15, 0.2) is 0 Å². The number of nitrogens with zero attached hydrogens (tertiary/aromatic N) is 1. The summed E-state index contributed by atoms with van der Waals surface area (Å²) in [6.07, 6.45) is -1.45. The average Bonchev–Trinajstić information content (AvgIpc) is 3.10. The van der Waals surface area contributed by atoms with Gasteiger partial charge in [0.2, 0.25) is 5.91 Å². The topological polar surface area (TPSA) is 84.9 Å². The van der Waals surface area contributed by atoms with Crippen LogP contribution in [0.25, 0.3) is 0 Å². The highest BCUT2D eigenvalue weighted by Gasteiger charge is 2.59. The van der Waals surface area contributed by atoms with E-state index in [1.165, 1.54) is 24.3 Å². The van der Waals surface area contributed by atoms with Crippen LogP contribution in [0.15, 0.2) is 78.9 Å². The molecule has 4 rings (SSSR count). The van der Waals surface area contributed by atoms with Crippen molar-refractivity contribution in [3.05, 3.63) is 101 Å². The lowest BCUT2D eigenvalue weighted by Gasteiger charge is -2.38. The third kappa shape index (κ3) is 6.01. The Morgan fingerprint density at radius 1 is 0.850 bits per heavy atom. The zero-order chi connectivity index (χ0) is 29.3. The average molecular weight is 547 g/mol. The minimum Gasteiger partial charge on any atom is -0.444 e. The highest BCUT2D eigenvalue weighted by Crippen LogP contribution is 2.51. The summed E-state index contributed by atoms with van der Waals surface area (Å²) in [5.74, 6) is -1.04. The van der Waals surface area contributed by atoms with Crippen molar-refractivity contribution < 1.29 is 28.2 Å². The summed E-state index contributed by atoms with van der Waals surface area (Å²) in [5.41, 5.74) is -1.03. The number of carbonyl (C=O) groups excluding carboxylic acids is 3. The number of para-hydroxylation sites is 1. The molecule has 0 aliphatic carbocycles. The van der Waals surface area contributed by atoms with Crippen LogP contribution in [0.1, 0.15) is 64.3 Å². The Hall–Kier alpha value is -4.20. The number of anilines is 1. The van der Waals surface area contributed by atoms with E-state index in [-0.39, 0.29) is 6.42 Å². The maximum absolute atomic E-state index is 14.7. The van der Waals surface area contributed by atoms with E-state index in [9.17, 15) is 18.8 Å². The summed E-state index contributed by atoms with van der Waals surface area (Å²) in [6, 6.07) is 20.8. The number of fused-ring (bicyclic) bond motifs is 1. The molecule has 0 spiro atoms. The lowest BCUT2D eigenvalue weighted by atomic mass is 9.68. The summed E-state index contributed by atoms with van der Waals surface area (Å²) >= 11 is 0. The monoisotopic (exact) mass is 546 g/mol. The fourth-order valence-electron chi connectivity index (χ4n) is 5.00. The molecule has 0 saturated heterocycles. The van der Waals surface area contributed by atoms with Crippen molar-refractivity contribution in [2.24, 2.45) is 0 Å². The summed E-state index contributed by atoms with van der Waals surface area (Å²) in [6.45, 7) is 10.4. The Morgan fingerprint density at radius 2 is 1.43 bits per heavy atom. The SMILES string of the molecule is CC(C)(C)OC(=O)N[C@H](c1ccc(F)cc1)[C@@]1(Cc2ccccc2)C(=O)N(C(=O)OC(C)(C)C)c2ccccc21. The molecule has 1 N–H and O–H groups in total. The second-order valence-electron chi connectivity index (χ2n) is 11.9. The van der Waals surface area contributed by atoms with Gasteiger partial charge in [-0.3, -0.25) is 4.79 Å². The first kappa shape index (κ1) is 28.8. The van der Waals surface area contributed by atoms with E-state index >= 15 is 0 Å². The first-order valence-corrected chi connectivity index (χ1v) is 13.2. The maximum atomic E-state index is 14.7. The minimum atomic E-state index is -1.51. The molecule has 1 aliphatic rings. The van der Waals surface area contributed by atoms with Crippen molar-refractivity contribution in [1.82, 2.24) is 5.32 Å². The number of ether oxygens (including phenoxy) is 2. The fourth-order valence-corrected chi connectivity index (χ4v) is 5.00. The Morgan fingerprint density at radius 3 is 2.02 bits per heavy atom. The minimum absolute atomic E-state index is 0.126. The molecule has 0 unspecified atom stereocenters. The lowest BCUT2D eigenvalue weighted by molar-refractivity contribution is -0.124. The van der Waals surface area contributed by atoms with Gasteiger partial charge >= 0.3 is 12.2 Å². The molecule has 3 amide bonds. The lowest BCUT2D eigenvalue weighted by Crippen LogP contribution is -2.54. The van der Waals surface area contributed by atoms with E-state index in [0.29, 0.717) is 16.8 Å². The van der Waals surface area contributed by atoms with Gasteiger partial charge in [-0.15, -0.1) is 0 Å². The summed E-state index contributed by atoms with van der Waals surface area (Å²) < 4.78 is 25.3. The first-order chi connectivity index (χ1) is 18.7. The van der Waals surface area contributed by atoms with E-state index in [1.807, 2.05) is 30.3 Å². The molecule has 0 aromatic heterocycles. The number of imide groups is 1. The molecule has 210 valence electrons. The standard InChI is InChI=1S/C32H35FN2O5/c1-30(2,3)39-28(37)34-26(22-16-18-23(33)19-17-22)32(20-21-12-8-7-9-13-21)24-14-10-11-15-25(24)35(27(32)36)29(38)40-31(4,5)6/h7-19,26H,20H2,1-6H3,(H,34,37)/t26-,32+/m1/s1. The van der Waals surface area contributed by atoms with Crippen LogP contribution in [0.5, 0.6) is 0 Å². The van der Waals surface area contributed by atoms with Gasteiger partial charge in [0, 0.05) is 0 Å². The van der Waals surface area contributed by atoms with Crippen LogP contribution >= 0.6 is 0 Å². The van der Waals surface area contributed by atoms with Crippen LogP contribution in [0.3, 0.4) is 0 Å². The highest BCUT2D eigenvalue weighted by molar-refractivity contribution is 6.21. The largest absolute Gasteiger partial charge is 0.444 e. The third-order valence-electron chi connectivity index (χ3n) is 6.47. The van der Waals surface area contributed by atoms with Crippen molar-refractivity contribution >= 4 is 23.8 Å². The molecule has 40 heavy (non-hydrogen) atoms. The summed E-state index contributed by atoms with van der Waals surface area (Å²) in [4.78, 5) is 42.5. The van der Waals surface area contributed by atoms with Gasteiger partial charge < -0.3 is 14.8 Å². The van der Waals surface area contributed by atoms with E-state index in [0.717, 1.165) is 10.5 Å². The van der Waals surface area contributed by atoms with Gasteiger partial charge in [-0.25, -0.2) is 18.9 Å². The molecular weight excluding hydrogens is 511 g/mol.